The highest BCUT2D eigenvalue weighted by Crippen LogP contribution is 2.32. The number of ether oxygens (including phenoxy) is 1. The Labute approximate surface area is 857 Å². The van der Waals surface area contributed by atoms with Crippen LogP contribution in [-0.4, -0.2) is 187 Å². The van der Waals surface area contributed by atoms with Crippen molar-refractivity contribution in [2.45, 2.75) is 140 Å². The molecule has 8 aromatic heterocycles. The fourth-order valence-electron chi connectivity index (χ4n) is 19.9. The standard InChI is InChI=1S/C33H35N5O3S.C33H35N5.C27H31N5O2S.C26H29N5/c1-41-29-17-19-30(20-18-29)42(39,40)36-28-15-13-27(14-16-28)31-7-4-8-33-34-32(35-38(31)33)24-26-11-9-25(10-12-26)6-5-23-37-21-2-3-22-37;1-2-8-28(9-3-1)25-34-30-19-17-29(18-20-30)31-11-6-12-33-35-32(36-38(31)33)24-27-15-13-26(14-16-27)10-7-23-37-21-4-5-22-37;1-35(33,34)30-24-15-13-23(14-16-24)25-7-4-8-27-28-26(29-32(25)27)20-22-11-9-21(10-12-22)6-5-19-31-17-2-3-18-31;27-23-8-3-7-22(19-23)24-9-4-10-26-28-25(29-31(24)26)18-21-13-11-20(12-14-21)6-5-17-30-15-1-2-16-30/h4,7-20,36H,2-3,5-6,21-24H2,1H3;1-3,6,8-9,11-20,34H,4-5,7,10,21-25H2;4,7-16,30H,2-3,5-6,17-20H2,1H3;3-4,7-14,19H,1-2,5-6,15-18,27H2. The van der Waals surface area contributed by atoms with E-state index in [0.29, 0.717) is 30.0 Å². The summed E-state index contributed by atoms with van der Waals surface area (Å²) in [5.41, 5.74) is 31.7. The molecule has 0 unspecified atom stereocenters. The van der Waals surface area contributed by atoms with E-state index in [9.17, 15) is 16.8 Å². The Balaban J connectivity index is 0.000000123. The largest absolute Gasteiger partial charge is 0.497 e. The van der Waals surface area contributed by atoms with Gasteiger partial charge in [0.1, 0.15) is 5.75 Å². The van der Waals surface area contributed by atoms with Crippen LogP contribution in [0.1, 0.15) is 150 Å². The van der Waals surface area contributed by atoms with Gasteiger partial charge in [-0.15, -0.1) is 0 Å². The van der Waals surface area contributed by atoms with E-state index in [1.54, 1.807) is 43.5 Å². The molecule has 10 aromatic carbocycles. The first-order chi connectivity index (χ1) is 71.4. The zero-order valence-corrected chi connectivity index (χ0v) is 85.2. The molecule has 0 bridgehead atoms. The van der Waals surface area contributed by atoms with Gasteiger partial charge in [-0.3, -0.25) is 9.44 Å². The first-order valence-corrected chi connectivity index (χ1v) is 55.0. The fraction of sp³-hybridized carbons (Fsp3) is 0.294. The Kier molecular flexibility index (Phi) is 33.2. The van der Waals surface area contributed by atoms with E-state index in [-0.39, 0.29) is 4.90 Å². The van der Waals surface area contributed by atoms with Crippen molar-refractivity contribution in [3.63, 3.8) is 0 Å². The number of sulfonamides is 2. The van der Waals surface area contributed by atoms with Gasteiger partial charge >= 0.3 is 0 Å². The molecule has 748 valence electrons. The summed E-state index contributed by atoms with van der Waals surface area (Å²) >= 11 is 0. The predicted molar refractivity (Wildman–Crippen MR) is 587 cm³/mol. The topological polar surface area (TPSA) is 273 Å². The van der Waals surface area contributed by atoms with Crippen LogP contribution in [0.3, 0.4) is 0 Å². The van der Waals surface area contributed by atoms with Crippen molar-refractivity contribution in [3.8, 4) is 50.8 Å². The van der Waals surface area contributed by atoms with Crippen LogP contribution >= 0.6 is 0 Å². The second kappa shape index (κ2) is 48.4. The predicted octanol–water partition coefficient (Wildman–Crippen LogP) is 21.4. The summed E-state index contributed by atoms with van der Waals surface area (Å²) in [4.78, 5) is 29.5. The van der Waals surface area contributed by atoms with Crippen molar-refractivity contribution in [2.75, 3.05) is 112 Å². The summed E-state index contributed by atoms with van der Waals surface area (Å²) in [6.45, 7) is 15.8. The molecule has 4 aliphatic rings. The molecule has 4 fully saturated rings. The summed E-state index contributed by atoms with van der Waals surface area (Å²) in [7, 11) is -5.49. The molecule has 4 saturated heterocycles. The van der Waals surface area contributed by atoms with E-state index < -0.39 is 20.0 Å². The van der Waals surface area contributed by atoms with E-state index in [4.69, 9.17) is 50.8 Å². The van der Waals surface area contributed by atoms with Gasteiger partial charge in [0.15, 0.2) is 45.9 Å². The third-order valence-corrected chi connectivity index (χ3v) is 29.7. The minimum Gasteiger partial charge on any atom is -0.497 e. The van der Waals surface area contributed by atoms with Crippen LogP contribution in [0.5, 0.6) is 5.75 Å². The van der Waals surface area contributed by atoms with Crippen LogP contribution in [0.25, 0.3) is 67.6 Å². The second-order valence-corrected chi connectivity index (χ2v) is 42.2. The van der Waals surface area contributed by atoms with Gasteiger partial charge in [-0.2, -0.15) is 20.4 Å². The number of hydrogen-bond donors (Lipinski definition) is 4. The molecule has 25 nitrogen and oxygen atoms in total. The van der Waals surface area contributed by atoms with Crippen LogP contribution in [0.2, 0.25) is 0 Å². The van der Waals surface area contributed by atoms with E-state index in [2.05, 4.69) is 204 Å². The van der Waals surface area contributed by atoms with Crippen LogP contribution in [0, 0.1) is 0 Å². The number of anilines is 4. The smallest absolute Gasteiger partial charge is 0.261 e. The van der Waals surface area contributed by atoms with Gasteiger partial charge in [-0.25, -0.2) is 54.8 Å². The van der Waals surface area contributed by atoms with E-state index in [1.165, 1.54) is 218 Å². The number of nitrogen functional groups attached to an aromatic ring is 1. The third-order valence-electron chi connectivity index (χ3n) is 27.7. The Hall–Kier alpha value is -14.6. The first-order valence-electron chi connectivity index (χ1n) is 51.6. The summed E-state index contributed by atoms with van der Waals surface area (Å²) in [5, 5.41) is 22.8. The molecule has 0 radical (unpaired) electrons. The van der Waals surface area contributed by atoms with Crippen LogP contribution in [0.15, 0.2) is 326 Å². The quantitative estimate of drug-likeness (QED) is 0.0263. The van der Waals surface area contributed by atoms with E-state index >= 15 is 0 Å². The maximum atomic E-state index is 12.8. The maximum Gasteiger partial charge on any atom is 0.261 e. The molecule has 22 rings (SSSR count). The number of nitrogens with two attached hydrogens (primary N) is 1. The molecule has 18 aromatic rings. The zero-order chi connectivity index (χ0) is 99.8. The van der Waals surface area contributed by atoms with Crippen LogP contribution in [-0.2, 0) is 78.0 Å². The Bertz CT molecular complexity index is 7530. The van der Waals surface area contributed by atoms with Crippen molar-refractivity contribution in [2.24, 2.45) is 0 Å². The summed E-state index contributed by atoms with van der Waals surface area (Å²) in [6.07, 6.45) is 24.2. The lowest BCUT2D eigenvalue weighted by Gasteiger charge is -2.13. The average molecular weight is 1980 g/mol. The lowest BCUT2D eigenvalue weighted by molar-refractivity contribution is 0.334. The van der Waals surface area contributed by atoms with Gasteiger partial charge in [-0.05, 0) is 353 Å². The molecule has 12 heterocycles. The number of benzene rings is 10. The Morgan fingerprint density at radius 2 is 0.603 bits per heavy atom. The minimum atomic E-state index is -3.72. The molecular weight excluding hydrogens is 1850 g/mol. The number of aryl methyl sites for hydroxylation is 4. The molecule has 0 saturated carbocycles. The molecule has 0 spiro atoms. The van der Waals surface area contributed by atoms with E-state index in [1.807, 2.05) is 121 Å². The highest BCUT2D eigenvalue weighted by molar-refractivity contribution is 7.92. The molecule has 4 aliphatic heterocycles. The van der Waals surface area contributed by atoms with Gasteiger partial charge in [0.05, 0.1) is 41.0 Å². The third kappa shape index (κ3) is 27.5. The molecule has 27 heteroatoms. The van der Waals surface area contributed by atoms with Gasteiger partial charge < -0.3 is 35.4 Å². The number of hydrogen-bond acceptors (Lipinski definition) is 19. The summed E-state index contributed by atoms with van der Waals surface area (Å²) in [5.74, 6) is 3.81. The first kappa shape index (κ1) is 100. The van der Waals surface area contributed by atoms with Crippen molar-refractivity contribution < 1.29 is 21.6 Å². The molecule has 5 N–H and O–H groups in total. The van der Waals surface area contributed by atoms with E-state index in [0.717, 1.165) is 154 Å². The summed E-state index contributed by atoms with van der Waals surface area (Å²) in [6, 6.07) is 107. The van der Waals surface area contributed by atoms with Crippen LogP contribution in [0.4, 0.5) is 22.7 Å². The average Bonchev–Trinajstić information content (AvgIpc) is 1.64. The molecule has 0 atom stereocenters. The molecule has 146 heavy (non-hydrogen) atoms. The number of likely N-dealkylation sites (tertiary alicyclic amines) is 4. The SMILES string of the molecule is COc1ccc(S(=O)(=O)Nc2ccc(-c3cccc4nc(Cc5ccc(CCCN6CCCC6)cc5)nn34)cc2)cc1.CS(=O)(=O)Nc1ccc(-c2cccc3nc(Cc4ccc(CCCN5CCCC5)cc4)nn23)cc1.Nc1cccc(-c2cccc3nc(Cc4ccc(CCCN5CCCC5)cc4)nn23)c1.c1ccc(CNc2ccc(-c3cccc4nc(Cc5ccc(CCCN6CCCC6)cc5)nn34)cc2)cc1. The maximum absolute atomic E-state index is 12.8. The van der Waals surface area contributed by atoms with Crippen molar-refractivity contribution in [3.05, 3.63) is 395 Å². The lowest BCUT2D eigenvalue weighted by atomic mass is 10.1. The number of nitrogens with one attached hydrogen (secondary N) is 3. The monoisotopic (exact) mass is 1980 g/mol. The van der Waals surface area contributed by atoms with Gasteiger partial charge in [0.25, 0.3) is 10.0 Å². The number of rotatable bonds is 37. The Morgan fingerprint density at radius 3 is 0.918 bits per heavy atom. The number of aromatic nitrogens is 12. The molecular formula is C119H130N20O5S2. The molecule has 0 aliphatic carbocycles. The number of pyridine rings is 4. The van der Waals surface area contributed by atoms with Crippen molar-refractivity contribution >= 4 is 65.4 Å². The highest BCUT2D eigenvalue weighted by atomic mass is 32.2. The van der Waals surface area contributed by atoms with Crippen LogP contribution < -0.4 is 25.2 Å². The van der Waals surface area contributed by atoms with Gasteiger partial charge in [-0.1, -0.05) is 200 Å². The number of methoxy groups -OCH3 is 1. The normalized spacial score (nSPS) is 14.2. The second-order valence-electron chi connectivity index (χ2n) is 38.8. The zero-order valence-electron chi connectivity index (χ0n) is 83.5. The highest BCUT2D eigenvalue weighted by Gasteiger charge is 2.22. The number of nitrogens with zero attached hydrogens (tertiary/aromatic N) is 16. The fourth-order valence-corrected chi connectivity index (χ4v) is 21.5. The van der Waals surface area contributed by atoms with Gasteiger partial charge in [0.2, 0.25) is 10.0 Å². The lowest BCUT2D eigenvalue weighted by Crippen LogP contribution is -2.20. The minimum absolute atomic E-state index is 0.166. The van der Waals surface area contributed by atoms with Crippen molar-refractivity contribution in [1.82, 2.24) is 78.0 Å². The summed E-state index contributed by atoms with van der Waals surface area (Å²) < 4.78 is 66.4. The van der Waals surface area contributed by atoms with Crippen molar-refractivity contribution in [1.29, 1.82) is 0 Å². The number of fused-ring (bicyclic) bond motifs is 4. The molecule has 0 amide bonds. The van der Waals surface area contributed by atoms with Gasteiger partial charge in [0, 0.05) is 77.2 Å². The Morgan fingerprint density at radius 1 is 0.301 bits per heavy atom.